The molecular weight excluding hydrogens is 453 g/mol. The van der Waals surface area contributed by atoms with Crippen LogP contribution in [0.25, 0.3) is 0 Å². The van der Waals surface area contributed by atoms with Crippen LogP contribution in [0.5, 0.6) is 0 Å². The molecule has 1 aliphatic heterocycles. The quantitative estimate of drug-likeness (QED) is 0.358. The lowest BCUT2D eigenvalue weighted by Crippen LogP contribution is -2.28. The van der Waals surface area contributed by atoms with Gasteiger partial charge in [-0.3, -0.25) is 14.8 Å². The van der Waals surface area contributed by atoms with E-state index in [1.165, 1.54) is 12.1 Å². The molecule has 0 fully saturated rings. The lowest BCUT2D eigenvalue weighted by molar-refractivity contribution is -0.119. The molecule has 7 heteroatoms. The fourth-order valence-electron chi connectivity index (χ4n) is 3.80. The Morgan fingerprint density at radius 2 is 1.97 bits per heavy atom. The van der Waals surface area contributed by atoms with Crippen molar-refractivity contribution in [3.63, 3.8) is 0 Å². The Balaban J connectivity index is 1.98. The van der Waals surface area contributed by atoms with Gasteiger partial charge >= 0.3 is 0 Å². The number of rotatable bonds is 10. The maximum Gasteiger partial charge on any atom is 0.228 e. The number of carbonyl (C=O) groups excluding carboxylic acids is 1. The number of hydrogen-bond acceptors (Lipinski definition) is 4. The zero-order valence-corrected chi connectivity index (χ0v) is 19.9. The smallest absolute Gasteiger partial charge is 0.228 e. The third-order valence-electron chi connectivity index (χ3n) is 5.49. The van der Waals surface area contributed by atoms with Crippen molar-refractivity contribution >= 4 is 29.4 Å². The van der Waals surface area contributed by atoms with E-state index in [1.54, 1.807) is 24.4 Å². The molecule has 0 spiro atoms. The molecule has 1 unspecified atom stereocenters. The van der Waals surface area contributed by atoms with Gasteiger partial charge in [0.15, 0.2) is 0 Å². The summed E-state index contributed by atoms with van der Waals surface area (Å²) >= 11 is 6.23. The van der Waals surface area contributed by atoms with E-state index in [2.05, 4.69) is 10.3 Å². The first-order chi connectivity index (χ1) is 16.5. The predicted octanol–water partition coefficient (Wildman–Crippen LogP) is 5.28. The summed E-state index contributed by atoms with van der Waals surface area (Å²) in [5.41, 5.74) is 3.73. The first kappa shape index (κ1) is 25.5. The van der Waals surface area contributed by atoms with Crippen molar-refractivity contribution in [3.8, 4) is 0 Å². The van der Waals surface area contributed by atoms with Crippen molar-refractivity contribution in [2.24, 2.45) is 15.9 Å². The summed E-state index contributed by atoms with van der Waals surface area (Å²) in [4.78, 5) is 21.9. The molecule has 3 rings (SSSR count). The minimum absolute atomic E-state index is 0.0558. The van der Waals surface area contributed by atoms with Crippen LogP contribution in [0, 0.1) is 11.7 Å². The maximum atomic E-state index is 13.7. The highest BCUT2D eigenvalue weighted by Gasteiger charge is 2.23. The van der Waals surface area contributed by atoms with Crippen molar-refractivity contribution in [2.45, 2.75) is 32.6 Å². The van der Waals surface area contributed by atoms with E-state index < -0.39 is 0 Å². The second-order valence-corrected chi connectivity index (χ2v) is 8.45. The Morgan fingerprint density at radius 1 is 1.21 bits per heavy atom. The molecule has 1 atom stereocenters. The van der Waals surface area contributed by atoms with Crippen LogP contribution >= 0.6 is 11.6 Å². The molecule has 0 saturated carbocycles. The van der Waals surface area contributed by atoms with Crippen molar-refractivity contribution in [1.29, 1.82) is 0 Å². The number of benzene rings is 2. The molecule has 1 heterocycles. The van der Waals surface area contributed by atoms with Gasteiger partial charge in [0.05, 0.1) is 12.1 Å². The first-order valence-electron chi connectivity index (χ1n) is 11.3. The van der Waals surface area contributed by atoms with Gasteiger partial charge in [-0.1, -0.05) is 35.9 Å². The monoisotopic (exact) mass is 481 g/mol. The Kier molecular flexibility index (Phi) is 9.74. The van der Waals surface area contributed by atoms with E-state index in [9.17, 15) is 9.18 Å². The number of unbranched alkanes of at least 4 members (excludes halogenated alkanes) is 1. The van der Waals surface area contributed by atoms with Gasteiger partial charge in [0, 0.05) is 53.3 Å². The number of nitrogens with zero attached hydrogens (tertiary/aromatic N) is 2. The molecule has 178 valence electrons. The van der Waals surface area contributed by atoms with Crippen molar-refractivity contribution in [3.05, 3.63) is 94.0 Å². The summed E-state index contributed by atoms with van der Waals surface area (Å²) in [5, 5.41) is 12.7. The number of allylic oxidation sites excluding steroid dienone is 3. The molecule has 2 N–H and O–H groups in total. The number of hydrogen-bond donors (Lipinski definition) is 2. The minimum Gasteiger partial charge on any atom is -0.396 e. The van der Waals surface area contributed by atoms with Crippen LogP contribution in [-0.2, 0) is 11.2 Å². The van der Waals surface area contributed by atoms with Crippen LogP contribution in [0.15, 0.2) is 82.1 Å². The van der Waals surface area contributed by atoms with Crippen molar-refractivity contribution in [1.82, 2.24) is 5.32 Å². The Hall–Kier alpha value is -3.09. The lowest BCUT2D eigenvalue weighted by atomic mass is 9.86. The molecule has 2 aromatic carbocycles. The first-order valence-corrected chi connectivity index (χ1v) is 11.7. The number of nitrogens with one attached hydrogen (secondary N) is 1. The zero-order chi connectivity index (χ0) is 24.3. The topological polar surface area (TPSA) is 74.0 Å². The van der Waals surface area contributed by atoms with E-state index in [0.717, 1.165) is 16.7 Å². The SMILES string of the molecule is C/C(NC(=O)Cc1ccccc1Cl)=C(\C(=NCCCCO)c1ccc(F)cc1)C1C=CN=CC1. The summed E-state index contributed by atoms with van der Waals surface area (Å²) in [6, 6.07) is 13.5. The molecule has 0 saturated heterocycles. The molecule has 1 amide bonds. The van der Waals surface area contributed by atoms with Gasteiger partial charge < -0.3 is 10.4 Å². The molecule has 0 bridgehead atoms. The van der Waals surface area contributed by atoms with Crippen LogP contribution < -0.4 is 5.32 Å². The molecule has 5 nitrogen and oxygen atoms in total. The van der Waals surface area contributed by atoms with Crippen LogP contribution in [-0.4, -0.2) is 36.1 Å². The summed E-state index contributed by atoms with van der Waals surface area (Å²) in [5.74, 6) is -0.571. The molecule has 0 radical (unpaired) electrons. The number of aliphatic imine (C=N–C) groups is 2. The van der Waals surface area contributed by atoms with Gasteiger partial charge in [-0.15, -0.1) is 0 Å². The normalized spacial score (nSPS) is 16.4. The van der Waals surface area contributed by atoms with E-state index in [0.29, 0.717) is 42.2 Å². The minimum atomic E-state index is -0.330. The standard InChI is InChI=1S/C27H29ClFN3O2/c1-19(32-25(34)18-22-6-2-3-7-24(22)28)26(20-12-15-30-16-13-20)27(31-14-4-5-17-33)21-8-10-23(29)11-9-21/h2-3,6-12,15-16,20,33H,4-5,13-14,17-18H2,1H3,(H,32,34)/b26-19+,31-27?. The predicted molar refractivity (Wildman–Crippen MR) is 136 cm³/mol. The van der Waals surface area contributed by atoms with Crippen molar-refractivity contribution < 1.29 is 14.3 Å². The molecule has 2 aromatic rings. The molecule has 0 aliphatic carbocycles. The number of carbonyl (C=O) groups is 1. The van der Waals surface area contributed by atoms with Crippen LogP contribution in [0.2, 0.25) is 5.02 Å². The lowest BCUT2D eigenvalue weighted by Gasteiger charge is -2.23. The zero-order valence-electron chi connectivity index (χ0n) is 19.2. The van der Waals surface area contributed by atoms with E-state index >= 15 is 0 Å². The van der Waals surface area contributed by atoms with E-state index in [1.807, 2.05) is 37.4 Å². The maximum absolute atomic E-state index is 13.7. The summed E-state index contributed by atoms with van der Waals surface area (Å²) in [6.07, 6.45) is 7.70. The van der Waals surface area contributed by atoms with Crippen LogP contribution in [0.4, 0.5) is 4.39 Å². The van der Waals surface area contributed by atoms with Crippen molar-refractivity contribution in [2.75, 3.05) is 13.2 Å². The molecular formula is C27H29ClFN3O2. The number of halogens is 2. The largest absolute Gasteiger partial charge is 0.396 e. The Bertz CT molecular complexity index is 1110. The number of aliphatic hydroxyl groups is 1. The van der Waals surface area contributed by atoms with Crippen LogP contribution in [0.1, 0.15) is 37.3 Å². The van der Waals surface area contributed by atoms with Crippen LogP contribution in [0.3, 0.4) is 0 Å². The highest BCUT2D eigenvalue weighted by Crippen LogP contribution is 2.27. The third-order valence-corrected chi connectivity index (χ3v) is 5.86. The van der Waals surface area contributed by atoms with Gasteiger partial charge in [-0.05, 0) is 62.1 Å². The average molecular weight is 482 g/mol. The van der Waals surface area contributed by atoms with Gasteiger partial charge in [0.2, 0.25) is 5.91 Å². The highest BCUT2D eigenvalue weighted by atomic mass is 35.5. The van der Waals surface area contributed by atoms with Gasteiger partial charge in [0.25, 0.3) is 0 Å². The molecule has 0 aromatic heterocycles. The number of aliphatic hydroxyl groups excluding tert-OH is 1. The highest BCUT2D eigenvalue weighted by molar-refractivity contribution is 6.31. The van der Waals surface area contributed by atoms with Gasteiger partial charge in [-0.25, -0.2) is 4.39 Å². The van der Waals surface area contributed by atoms with E-state index in [4.69, 9.17) is 21.7 Å². The molecule has 1 aliphatic rings. The third kappa shape index (κ3) is 7.20. The number of amides is 1. The summed E-state index contributed by atoms with van der Waals surface area (Å²) in [6.45, 7) is 2.46. The van der Waals surface area contributed by atoms with Gasteiger partial charge in [0.1, 0.15) is 5.82 Å². The molecule has 34 heavy (non-hydrogen) atoms. The van der Waals surface area contributed by atoms with E-state index in [-0.39, 0.29) is 30.7 Å². The fraction of sp³-hybridized carbons (Fsp3) is 0.296. The summed E-state index contributed by atoms with van der Waals surface area (Å²) < 4.78 is 13.7. The second kappa shape index (κ2) is 13.0. The van der Waals surface area contributed by atoms with Gasteiger partial charge in [-0.2, -0.15) is 0 Å². The fourth-order valence-corrected chi connectivity index (χ4v) is 4.00. The average Bonchev–Trinajstić information content (AvgIpc) is 2.83. The Morgan fingerprint density at radius 3 is 2.65 bits per heavy atom. The summed E-state index contributed by atoms with van der Waals surface area (Å²) in [7, 11) is 0. The second-order valence-electron chi connectivity index (χ2n) is 8.04. The Labute approximate surface area is 204 Å².